The molecule has 0 spiro atoms. The average Bonchev–Trinajstić information content (AvgIpc) is 3.13. The molecule has 1 aromatic rings. The highest BCUT2D eigenvalue weighted by Gasteiger charge is 2.34. The Bertz CT molecular complexity index is 771. The second kappa shape index (κ2) is 6.49. The number of ether oxygens (including phenoxy) is 1. The van der Waals surface area contributed by atoms with Gasteiger partial charge in [-0.3, -0.25) is 0 Å². The van der Waals surface area contributed by atoms with E-state index in [9.17, 15) is 13.2 Å². The zero-order valence-corrected chi connectivity index (χ0v) is 15.6. The van der Waals surface area contributed by atoms with E-state index in [0.29, 0.717) is 17.9 Å². The van der Waals surface area contributed by atoms with Gasteiger partial charge < -0.3 is 15.4 Å². The standard InChI is InChI=1S/C17H25N3O4S/c1-17(2,3)24-16(21)19-13-7-9-20(11-13)25(22,23)14-4-5-15-12(10-14)6-8-18-15/h4-5,10,13,18H,6-9,11H2,1-3H3,(H,19,21)/t13-/m1/s1. The number of benzene rings is 1. The Kier molecular flexibility index (Phi) is 4.68. The first-order chi connectivity index (χ1) is 11.6. The maximum Gasteiger partial charge on any atom is 0.407 e. The van der Waals surface area contributed by atoms with Crippen molar-refractivity contribution in [2.45, 2.75) is 50.2 Å². The molecular weight excluding hydrogens is 342 g/mol. The Morgan fingerprint density at radius 2 is 2.12 bits per heavy atom. The van der Waals surface area contributed by atoms with Crippen LogP contribution in [0.2, 0.25) is 0 Å². The topological polar surface area (TPSA) is 87.7 Å². The van der Waals surface area contributed by atoms with Crippen LogP contribution in [0.4, 0.5) is 10.5 Å². The number of nitrogens with zero attached hydrogens (tertiary/aromatic N) is 1. The Hall–Kier alpha value is -1.80. The summed E-state index contributed by atoms with van der Waals surface area (Å²) in [4.78, 5) is 12.2. The molecule has 138 valence electrons. The molecule has 0 bridgehead atoms. The predicted molar refractivity (Wildman–Crippen MR) is 95.2 cm³/mol. The number of amides is 1. The summed E-state index contributed by atoms with van der Waals surface area (Å²) in [6.45, 7) is 6.86. The van der Waals surface area contributed by atoms with Crippen molar-refractivity contribution in [3.63, 3.8) is 0 Å². The van der Waals surface area contributed by atoms with Crippen LogP contribution in [-0.2, 0) is 21.2 Å². The number of fused-ring (bicyclic) bond motifs is 1. The maximum absolute atomic E-state index is 12.9. The quantitative estimate of drug-likeness (QED) is 0.852. The van der Waals surface area contributed by atoms with Gasteiger partial charge in [-0.2, -0.15) is 4.31 Å². The van der Waals surface area contributed by atoms with Gasteiger partial charge >= 0.3 is 6.09 Å². The van der Waals surface area contributed by atoms with Crippen LogP contribution < -0.4 is 10.6 Å². The Morgan fingerprint density at radius 1 is 1.36 bits per heavy atom. The van der Waals surface area contributed by atoms with Crippen molar-refractivity contribution in [1.82, 2.24) is 9.62 Å². The smallest absolute Gasteiger partial charge is 0.407 e. The Labute approximate surface area is 148 Å². The summed E-state index contributed by atoms with van der Waals surface area (Å²) in [6.07, 6.45) is 0.896. The highest BCUT2D eigenvalue weighted by molar-refractivity contribution is 7.89. The molecule has 8 heteroatoms. The van der Waals surface area contributed by atoms with Gasteiger partial charge in [0.25, 0.3) is 0 Å². The second-order valence-electron chi connectivity index (χ2n) is 7.49. The minimum absolute atomic E-state index is 0.235. The fourth-order valence-corrected chi connectivity index (χ4v) is 4.68. The highest BCUT2D eigenvalue weighted by atomic mass is 32.2. The lowest BCUT2D eigenvalue weighted by Crippen LogP contribution is -2.41. The van der Waals surface area contributed by atoms with Gasteiger partial charge in [0.2, 0.25) is 10.0 Å². The normalized spacial score (nSPS) is 20.8. The Balaban J connectivity index is 1.66. The van der Waals surface area contributed by atoms with Crippen molar-refractivity contribution in [1.29, 1.82) is 0 Å². The third-order valence-corrected chi connectivity index (χ3v) is 6.16. The number of hydrogen-bond acceptors (Lipinski definition) is 5. The van der Waals surface area contributed by atoms with Crippen LogP contribution in [0.1, 0.15) is 32.8 Å². The van der Waals surface area contributed by atoms with Crippen molar-refractivity contribution in [2.24, 2.45) is 0 Å². The lowest BCUT2D eigenvalue weighted by molar-refractivity contribution is 0.0507. The Morgan fingerprint density at radius 3 is 2.84 bits per heavy atom. The molecule has 0 aliphatic carbocycles. The third kappa shape index (κ3) is 4.07. The van der Waals surface area contributed by atoms with E-state index in [0.717, 1.165) is 24.2 Å². The molecule has 3 rings (SSSR count). The van der Waals surface area contributed by atoms with Crippen molar-refractivity contribution in [3.05, 3.63) is 23.8 Å². The number of rotatable bonds is 3. The van der Waals surface area contributed by atoms with Crippen LogP contribution in [0.25, 0.3) is 0 Å². The molecule has 1 atom stereocenters. The van der Waals surface area contributed by atoms with E-state index in [4.69, 9.17) is 4.74 Å². The van der Waals surface area contributed by atoms with Crippen LogP contribution in [0.15, 0.2) is 23.1 Å². The third-order valence-electron chi connectivity index (χ3n) is 4.30. The summed E-state index contributed by atoms with van der Waals surface area (Å²) in [5, 5.41) is 5.98. The lowest BCUT2D eigenvalue weighted by atomic mass is 10.2. The first-order valence-corrected chi connectivity index (χ1v) is 9.96. The minimum atomic E-state index is -3.55. The monoisotopic (exact) mass is 367 g/mol. The van der Waals surface area contributed by atoms with Gasteiger partial charge in [0, 0.05) is 31.4 Å². The molecule has 2 N–H and O–H groups in total. The zero-order valence-electron chi connectivity index (χ0n) is 14.8. The number of sulfonamides is 1. The van der Waals surface area contributed by atoms with E-state index in [2.05, 4.69) is 10.6 Å². The molecule has 2 heterocycles. The molecule has 0 saturated carbocycles. The second-order valence-corrected chi connectivity index (χ2v) is 9.43. The maximum atomic E-state index is 12.9. The number of carbonyl (C=O) groups excluding carboxylic acids is 1. The van der Waals surface area contributed by atoms with E-state index in [1.807, 2.05) is 6.07 Å². The van der Waals surface area contributed by atoms with Gasteiger partial charge in [-0.15, -0.1) is 0 Å². The number of nitrogens with one attached hydrogen (secondary N) is 2. The SMILES string of the molecule is CC(C)(C)OC(=O)N[C@@H]1CCN(S(=O)(=O)c2ccc3c(c2)CCN3)C1. The molecule has 7 nitrogen and oxygen atoms in total. The number of carbonyl (C=O) groups is 1. The summed E-state index contributed by atoms with van der Waals surface area (Å²) < 4.78 is 32.4. The molecule has 1 aromatic carbocycles. The van der Waals surface area contributed by atoms with Gasteiger partial charge in [-0.1, -0.05) is 0 Å². The van der Waals surface area contributed by atoms with Crippen LogP contribution in [0, 0.1) is 0 Å². The van der Waals surface area contributed by atoms with E-state index in [-0.39, 0.29) is 12.6 Å². The molecule has 1 saturated heterocycles. The highest BCUT2D eigenvalue weighted by Crippen LogP contribution is 2.28. The van der Waals surface area contributed by atoms with E-state index in [1.165, 1.54) is 4.31 Å². The summed E-state index contributed by atoms with van der Waals surface area (Å²) in [5.41, 5.74) is 1.46. The van der Waals surface area contributed by atoms with Crippen molar-refractivity contribution < 1.29 is 17.9 Å². The fourth-order valence-electron chi connectivity index (χ4n) is 3.13. The van der Waals surface area contributed by atoms with E-state index < -0.39 is 21.7 Å². The zero-order chi connectivity index (χ0) is 18.2. The molecule has 25 heavy (non-hydrogen) atoms. The lowest BCUT2D eigenvalue weighted by Gasteiger charge is -2.22. The summed E-state index contributed by atoms with van der Waals surface area (Å²) >= 11 is 0. The molecule has 1 fully saturated rings. The largest absolute Gasteiger partial charge is 0.444 e. The molecule has 0 unspecified atom stereocenters. The number of anilines is 1. The first-order valence-electron chi connectivity index (χ1n) is 8.52. The van der Waals surface area contributed by atoms with Gasteiger partial charge in [0.1, 0.15) is 5.60 Å². The molecule has 0 aromatic heterocycles. The van der Waals surface area contributed by atoms with E-state index in [1.54, 1.807) is 32.9 Å². The number of alkyl carbamates (subject to hydrolysis) is 1. The van der Waals surface area contributed by atoms with Crippen LogP contribution in [0.3, 0.4) is 0 Å². The predicted octanol–water partition coefficient (Wildman–Crippen LogP) is 1.94. The van der Waals surface area contributed by atoms with Gasteiger partial charge in [-0.25, -0.2) is 13.2 Å². The molecule has 2 aliphatic heterocycles. The van der Waals surface area contributed by atoms with Crippen molar-refractivity contribution >= 4 is 21.8 Å². The molecule has 1 amide bonds. The summed E-state index contributed by atoms with van der Waals surface area (Å²) in [5.74, 6) is 0. The van der Waals surface area contributed by atoms with Crippen LogP contribution >= 0.6 is 0 Å². The van der Waals surface area contributed by atoms with Crippen LogP contribution in [0.5, 0.6) is 0 Å². The van der Waals surface area contributed by atoms with Crippen molar-refractivity contribution in [2.75, 3.05) is 25.0 Å². The molecular formula is C17H25N3O4S. The van der Waals surface area contributed by atoms with Crippen LogP contribution in [-0.4, -0.2) is 50.1 Å². The fraction of sp³-hybridized carbons (Fsp3) is 0.588. The number of hydrogen-bond donors (Lipinski definition) is 2. The minimum Gasteiger partial charge on any atom is -0.444 e. The van der Waals surface area contributed by atoms with Gasteiger partial charge in [0.15, 0.2) is 0 Å². The van der Waals surface area contributed by atoms with E-state index >= 15 is 0 Å². The molecule has 0 radical (unpaired) electrons. The van der Waals surface area contributed by atoms with Gasteiger partial charge in [0.05, 0.1) is 4.90 Å². The molecule has 2 aliphatic rings. The summed E-state index contributed by atoms with van der Waals surface area (Å²) in [6, 6.07) is 4.97. The van der Waals surface area contributed by atoms with Crippen molar-refractivity contribution in [3.8, 4) is 0 Å². The average molecular weight is 367 g/mol. The van der Waals surface area contributed by atoms with Gasteiger partial charge in [-0.05, 0) is 57.4 Å². The summed E-state index contributed by atoms with van der Waals surface area (Å²) in [7, 11) is -3.55. The first kappa shape index (κ1) is 18.0.